The van der Waals surface area contributed by atoms with Crippen molar-refractivity contribution in [2.24, 2.45) is 0 Å². The molecule has 0 amide bonds. The van der Waals surface area contributed by atoms with Crippen LogP contribution in [-0.4, -0.2) is 43.6 Å². The number of para-hydroxylation sites is 1. The molecular weight excluding hydrogens is 392 g/mol. The summed E-state index contributed by atoms with van der Waals surface area (Å²) in [6, 6.07) is 7.76. The van der Waals surface area contributed by atoms with E-state index in [9.17, 15) is 17.6 Å². The molecule has 0 spiro atoms. The van der Waals surface area contributed by atoms with Gasteiger partial charge >= 0.3 is 12.5 Å². The maximum Gasteiger partial charge on any atom is 0.461 e. The Morgan fingerprint density at radius 1 is 1.12 bits per heavy atom. The zero-order valence-electron chi connectivity index (χ0n) is 13.7. The van der Waals surface area contributed by atoms with Crippen molar-refractivity contribution in [1.29, 1.82) is 0 Å². The second-order valence-corrected chi connectivity index (χ2v) is 6.53. The Kier molecular flexibility index (Phi) is 7.28. The predicted molar refractivity (Wildman–Crippen MR) is 95.9 cm³/mol. The molecule has 0 saturated carbocycles. The number of benzene rings is 1. The lowest BCUT2D eigenvalue weighted by atomic mass is 9.98. The van der Waals surface area contributed by atoms with Crippen molar-refractivity contribution in [3.8, 4) is 5.75 Å². The van der Waals surface area contributed by atoms with Crippen molar-refractivity contribution in [2.75, 3.05) is 26.2 Å². The lowest BCUT2D eigenvalue weighted by Gasteiger charge is -2.36. The first kappa shape index (κ1) is 21.0. The van der Waals surface area contributed by atoms with Gasteiger partial charge in [0.1, 0.15) is 5.75 Å². The monoisotopic (exact) mass is 410 g/mol. The lowest BCUT2D eigenvalue weighted by Crippen LogP contribution is -2.45. The van der Waals surface area contributed by atoms with Crippen molar-refractivity contribution in [3.63, 3.8) is 0 Å². The first-order chi connectivity index (χ1) is 12.0. The molecule has 3 nitrogen and oxygen atoms in total. The Labute approximate surface area is 159 Å². The van der Waals surface area contributed by atoms with E-state index in [2.05, 4.69) is 15.0 Å². The van der Waals surface area contributed by atoms with Crippen LogP contribution in [-0.2, 0) is 0 Å². The number of nitrogens with zero attached hydrogens (tertiary/aromatic N) is 1. The van der Waals surface area contributed by atoms with Crippen molar-refractivity contribution >= 4 is 23.7 Å². The fraction of sp³-hybridized carbons (Fsp3) is 0.412. The predicted octanol–water partition coefficient (Wildman–Crippen LogP) is 4.40. The van der Waals surface area contributed by atoms with E-state index >= 15 is 0 Å². The van der Waals surface area contributed by atoms with Crippen LogP contribution in [0.15, 0.2) is 41.1 Å². The summed E-state index contributed by atoms with van der Waals surface area (Å²) >= 11 is 1.50. The molecule has 1 saturated heterocycles. The first-order valence-corrected chi connectivity index (χ1v) is 8.84. The van der Waals surface area contributed by atoms with E-state index in [0.717, 1.165) is 31.7 Å². The van der Waals surface area contributed by atoms with Gasteiger partial charge in [0.05, 0.1) is 6.04 Å². The van der Waals surface area contributed by atoms with E-state index in [0.29, 0.717) is 5.56 Å². The van der Waals surface area contributed by atoms with Gasteiger partial charge in [0.15, 0.2) is 0 Å². The van der Waals surface area contributed by atoms with E-state index in [-0.39, 0.29) is 24.2 Å². The maximum atomic E-state index is 13.5. The summed E-state index contributed by atoms with van der Waals surface area (Å²) in [4.78, 5) is 2.14. The Balaban J connectivity index is 0.00000243. The topological polar surface area (TPSA) is 24.5 Å². The molecule has 1 fully saturated rings. The normalized spacial score (nSPS) is 17.0. The van der Waals surface area contributed by atoms with Gasteiger partial charge in [0.25, 0.3) is 0 Å². The van der Waals surface area contributed by atoms with Crippen molar-refractivity contribution in [2.45, 2.75) is 18.6 Å². The van der Waals surface area contributed by atoms with Gasteiger partial charge in [-0.2, -0.15) is 28.9 Å². The first-order valence-electron chi connectivity index (χ1n) is 7.90. The van der Waals surface area contributed by atoms with Gasteiger partial charge in [-0.05, 0) is 28.5 Å². The van der Waals surface area contributed by atoms with Crippen LogP contribution in [0.3, 0.4) is 0 Å². The highest BCUT2D eigenvalue weighted by atomic mass is 35.5. The third kappa shape index (κ3) is 4.68. The van der Waals surface area contributed by atoms with Crippen LogP contribution < -0.4 is 10.1 Å². The number of hydrogen-bond acceptors (Lipinski definition) is 4. The molecule has 1 aromatic heterocycles. The number of rotatable bonds is 6. The molecule has 0 unspecified atom stereocenters. The summed E-state index contributed by atoms with van der Waals surface area (Å²) in [5.41, 5.74) is 1.39. The third-order valence-corrected chi connectivity index (χ3v) is 4.79. The summed E-state index contributed by atoms with van der Waals surface area (Å²) in [5, 5.41) is 7.09. The standard InChI is InChI=1S/C17H18F4N2OS.ClH/c18-16(19)17(20,21)24-14-4-2-1-3-13(14)15(12-5-10-25-11-12)23-8-6-22-7-9-23;/h1-5,10-11,15-16,22H,6-9H2;1H/t15-;/m0./s1. The van der Waals surface area contributed by atoms with Crippen LogP contribution in [0, 0.1) is 0 Å². The summed E-state index contributed by atoms with van der Waals surface area (Å²) in [6.07, 6.45) is -8.42. The highest BCUT2D eigenvalue weighted by molar-refractivity contribution is 7.08. The molecular formula is C17H19ClF4N2OS. The molecule has 2 heterocycles. The highest BCUT2D eigenvalue weighted by Gasteiger charge is 2.44. The van der Waals surface area contributed by atoms with Gasteiger partial charge < -0.3 is 10.1 Å². The van der Waals surface area contributed by atoms with Crippen molar-refractivity contribution in [1.82, 2.24) is 10.2 Å². The lowest BCUT2D eigenvalue weighted by molar-refractivity contribution is -0.253. The van der Waals surface area contributed by atoms with Crippen LogP contribution in [0.5, 0.6) is 5.75 Å². The van der Waals surface area contributed by atoms with E-state index in [4.69, 9.17) is 0 Å². The number of hydrogen-bond donors (Lipinski definition) is 1. The zero-order chi connectivity index (χ0) is 17.9. The Hall–Kier alpha value is -1.35. The van der Waals surface area contributed by atoms with E-state index in [1.807, 2.05) is 16.8 Å². The quantitative estimate of drug-likeness (QED) is 0.714. The minimum absolute atomic E-state index is 0. The second-order valence-electron chi connectivity index (χ2n) is 5.75. The highest BCUT2D eigenvalue weighted by Crippen LogP contribution is 2.38. The molecule has 0 aliphatic carbocycles. The molecule has 144 valence electrons. The SMILES string of the molecule is Cl.FC(F)C(F)(F)Oc1ccccc1[C@H](c1ccsc1)N1CCNCC1. The molecule has 0 radical (unpaired) electrons. The van der Waals surface area contributed by atoms with Gasteiger partial charge in [0, 0.05) is 31.7 Å². The average Bonchev–Trinajstić information content (AvgIpc) is 3.11. The summed E-state index contributed by atoms with van der Waals surface area (Å²) in [5.74, 6) is -0.220. The second kappa shape index (κ2) is 9.03. The fourth-order valence-corrected chi connectivity index (χ4v) is 3.63. The number of thiophene rings is 1. The van der Waals surface area contributed by atoms with Gasteiger partial charge in [-0.3, -0.25) is 4.90 Å². The molecule has 1 aliphatic rings. The minimum atomic E-state index is -4.53. The van der Waals surface area contributed by atoms with E-state index in [1.54, 1.807) is 12.1 Å². The molecule has 9 heteroatoms. The summed E-state index contributed by atoms with van der Waals surface area (Å²) < 4.78 is 56.5. The zero-order valence-corrected chi connectivity index (χ0v) is 15.3. The molecule has 1 aromatic carbocycles. The van der Waals surface area contributed by atoms with Crippen LogP contribution in [0.25, 0.3) is 0 Å². The van der Waals surface area contributed by atoms with Crippen molar-refractivity contribution in [3.05, 3.63) is 52.2 Å². The molecule has 1 atom stereocenters. The van der Waals surface area contributed by atoms with Crippen LogP contribution in [0.1, 0.15) is 17.2 Å². The smallest absolute Gasteiger partial charge is 0.428 e. The average molecular weight is 411 g/mol. The van der Waals surface area contributed by atoms with Crippen LogP contribution in [0.2, 0.25) is 0 Å². The molecule has 1 aliphatic heterocycles. The fourth-order valence-electron chi connectivity index (χ4n) is 2.95. The van der Waals surface area contributed by atoms with E-state index < -0.39 is 12.5 Å². The molecule has 26 heavy (non-hydrogen) atoms. The summed E-state index contributed by atoms with van der Waals surface area (Å²) in [6.45, 7) is 2.99. The number of ether oxygens (including phenoxy) is 1. The number of piperazine rings is 1. The van der Waals surface area contributed by atoms with Crippen LogP contribution in [0.4, 0.5) is 17.6 Å². The minimum Gasteiger partial charge on any atom is -0.428 e. The third-order valence-electron chi connectivity index (χ3n) is 4.09. The van der Waals surface area contributed by atoms with Crippen molar-refractivity contribution < 1.29 is 22.3 Å². The summed E-state index contributed by atoms with van der Waals surface area (Å²) in [7, 11) is 0. The molecule has 2 aromatic rings. The Morgan fingerprint density at radius 2 is 1.81 bits per heavy atom. The van der Waals surface area contributed by atoms with E-state index in [1.165, 1.54) is 23.5 Å². The molecule has 0 bridgehead atoms. The van der Waals surface area contributed by atoms with Gasteiger partial charge in [0.2, 0.25) is 0 Å². The maximum absolute atomic E-state index is 13.5. The number of halogens is 5. The van der Waals surface area contributed by atoms with Gasteiger partial charge in [-0.25, -0.2) is 0 Å². The Bertz CT molecular complexity index is 681. The number of nitrogens with one attached hydrogen (secondary N) is 1. The molecule has 1 N–H and O–H groups in total. The molecule has 3 rings (SSSR count). The van der Waals surface area contributed by atoms with Gasteiger partial charge in [-0.1, -0.05) is 18.2 Å². The largest absolute Gasteiger partial charge is 0.461 e. The van der Waals surface area contributed by atoms with Gasteiger partial charge in [-0.15, -0.1) is 12.4 Å². The number of alkyl halides is 4. The Morgan fingerprint density at radius 3 is 2.42 bits per heavy atom. The van der Waals surface area contributed by atoms with Crippen LogP contribution >= 0.6 is 23.7 Å².